The zero-order valence-electron chi connectivity index (χ0n) is 11.1. The largest absolute Gasteiger partial charge is 0.321 e. The predicted molar refractivity (Wildman–Crippen MR) is 73.2 cm³/mol. The minimum Gasteiger partial charge on any atom is -0.321 e. The Morgan fingerprint density at radius 3 is 2.33 bits per heavy atom. The molecule has 0 atom stereocenters. The van der Waals surface area contributed by atoms with Gasteiger partial charge in [0.2, 0.25) is 0 Å². The molecular weight excluding hydrogens is 246 g/mol. The summed E-state index contributed by atoms with van der Waals surface area (Å²) in [6.07, 6.45) is 6.61. The smallest absolute Gasteiger partial charge is 0.175 e. The maximum Gasteiger partial charge on any atom is 0.175 e. The van der Waals surface area contributed by atoms with Crippen molar-refractivity contribution in [2.45, 2.75) is 49.5 Å². The first-order valence-corrected chi connectivity index (χ1v) is 8.32. The van der Waals surface area contributed by atoms with Gasteiger partial charge in [-0.2, -0.15) is 0 Å². The van der Waals surface area contributed by atoms with Crippen LogP contribution >= 0.6 is 0 Å². The van der Waals surface area contributed by atoms with Crippen LogP contribution in [0.2, 0.25) is 0 Å². The molecule has 1 fully saturated rings. The number of aryl methyl sites for hydroxylation is 1. The zero-order valence-corrected chi connectivity index (χ0v) is 11.9. The van der Waals surface area contributed by atoms with Gasteiger partial charge in [-0.3, -0.25) is 0 Å². The van der Waals surface area contributed by atoms with E-state index in [0.717, 1.165) is 36.8 Å². The molecule has 0 radical (unpaired) electrons. The van der Waals surface area contributed by atoms with Crippen LogP contribution in [0.1, 0.15) is 43.2 Å². The van der Waals surface area contributed by atoms with Crippen molar-refractivity contribution in [2.75, 3.05) is 6.26 Å². The van der Waals surface area contributed by atoms with E-state index in [9.17, 15) is 8.42 Å². The van der Waals surface area contributed by atoms with Gasteiger partial charge < -0.3 is 5.73 Å². The Kier molecular flexibility index (Phi) is 3.52. The van der Waals surface area contributed by atoms with E-state index in [1.807, 2.05) is 13.0 Å². The molecule has 0 unspecified atom stereocenters. The first kappa shape index (κ1) is 13.6. The lowest BCUT2D eigenvalue weighted by molar-refractivity contribution is 0.300. The van der Waals surface area contributed by atoms with Gasteiger partial charge in [0.1, 0.15) is 0 Å². The summed E-state index contributed by atoms with van der Waals surface area (Å²) in [6.45, 7) is 2.00. The maximum atomic E-state index is 11.6. The van der Waals surface area contributed by atoms with Gasteiger partial charge in [-0.05, 0) is 43.0 Å². The summed E-state index contributed by atoms with van der Waals surface area (Å²) in [7, 11) is -3.16. The normalized spacial score (nSPS) is 19.7. The number of hydrogen-bond acceptors (Lipinski definition) is 3. The molecule has 0 saturated heterocycles. The molecule has 0 amide bonds. The van der Waals surface area contributed by atoms with Gasteiger partial charge in [-0.15, -0.1) is 0 Å². The van der Waals surface area contributed by atoms with Crippen molar-refractivity contribution in [1.29, 1.82) is 0 Å². The van der Waals surface area contributed by atoms with Gasteiger partial charge in [0.25, 0.3) is 0 Å². The summed E-state index contributed by atoms with van der Waals surface area (Å²) in [5, 5.41) is 0. The molecule has 1 saturated carbocycles. The molecular formula is C14H21NO2S. The molecule has 0 spiro atoms. The highest BCUT2D eigenvalue weighted by atomic mass is 32.2. The van der Waals surface area contributed by atoms with Crippen molar-refractivity contribution < 1.29 is 8.42 Å². The van der Waals surface area contributed by atoms with Gasteiger partial charge in [0.05, 0.1) is 4.90 Å². The molecule has 0 aromatic heterocycles. The van der Waals surface area contributed by atoms with E-state index in [-0.39, 0.29) is 5.54 Å². The van der Waals surface area contributed by atoms with Crippen LogP contribution in [0.15, 0.2) is 23.1 Å². The van der Waals surface area contributed by atoms with Crippen LogP contribution in [-0.2, 0) is 15.4 Å². The number of rotatable bonds is 2. The molecule has 1 aliphatic rings. The van der Waals surface area contributed by atoms with E-state index in [0.29, 0.717) is 4.90 Å². The highest BCUT2D eigenvalue weighted by molar-refractivity contribution is 7.90. The third kappa shape index (κ3) is 2.59. The first-order valence-electron chi connectivity index (χ1n) is 6.43. The summed E-state index contributed by atoms with van der Waals surface area (Å²) in [6, 6.07) is 5.31. The Hall–Kier alpha value is -0.870. The number of hydrogen-bond donors (Lipinski definition) is 1. The summed E-state index contributed by atoms with van der Waals surface area (Å²) < 4.78 is 23.3. The van der Waals surface area contributed by atoms with E-state index < -0.39 is 9.84 Å². The Morgan fingerprint density at radius 1 is 1.17 bits per heavy atom. The average Bonchev–Trinajstić information content (AvgIpc) is 2.28. The number of benzene rings is 1. The summed E-state index contributed by atoms with van der Waals surface area (Å²) in [5.74, 6) is 0. The minimum atomic E-state index is -3.16. The molecule has 18 heavy (non-hydrogen) atoms. The maximum absolute atomic E-state index is 11.6. The van der Waals surface area contributed by atoms with Crippen LogP contribution in [0.5, 0.6) is 0 Å². The zero-order chi connectivity index (χ0) is 13.4. The van der Waals surface area contributed by atoms with E-state index >= 15 is 0 Å². The van der Waals surface area contributed by atoms with Gasteiger partial charge in [0, 0.05) is 11.8 Å². The van der Waals surface area contributed by atoms with Crippen molar-refractivity contribution in [2.24, 2.45) is 5.73 Å². The van der Waals surface area contributed by atoms with Gasteiger partial charge in [0.15, 0.2) is 9.84 Å². The molecule has 0 heterocycles. The van der Waals surface area contributed by atoms with Crippen molar-refractivity contribution in [3.8, 4) is 0 Å². The topological polar surface area (TPSA) is 60.2 Å². The molecule has 1 aromatic rings. The summed E-state index contributed by atoms with van der Waals surface area (Å²) in [5.41, 5.74) is 8.25. The first-order chi connectivity index (χ1) is 8.33. The van der Waals surface area contributed by atoms with Crippen molar-refractivity contribution >= 4 is 9.84 Å². The van der Waals surface area contributed by atoms with Gasteiger partial charge in [-0.1, -0.05) is 25.3 Å². The van der Waals surface area contributed by atoms with Crippen LogP contribution in [0.3, 0.4) is 0 Å². The molecule has 100 valence electrons. The highest BCUT2D eigenvalue weighted by Crippen LogP contribution is 2.37. The lowest BCUT2D eigenvalue weighted by Crippen LogP contribution is -2.39. The van der Waals surface area contributed by atoms with Crippen molar-refractivity contribution in [3.63, 3.8) is 0 Å². The molecule has 4 heteroatoms. The minimum absolute atomic E-state index is 0.344. The second-order valence-electron chi connectivity index (χ2n) is 5.47. The lowest BCUT2D eigenvalue weighted by atomic mass is 9.76. The van der Waals surface area contributed by atoms with Crippen molar-refractivity contribution in [1.82, 2.24) is 0 Å². The fourth-order valence-corrected chi connectivity index (χ4v) is 3.47. The average molecular weight is 267 g/mol. The quantitative estimate of drug-likeness (QED) is 0.895. The Bertz CT molecular complexity index is 543. The predicted octanol–water partition coefficient (Wildman–Crippen LogP) is 2.52. The van der Waals surface area contributed by atoms with Gasteiger partial charge in [-0.25, -0.2) is 8.42 Å². The fourth-order valence-electron chi connectivity index (χ4n) is 2.82. The second-order valence-corrected chi connectivity index (χ2v) is 7.48. The molecule has 3 nitrogen and oxygen atoms in total. The monoisotopic (exact) mass is 267 g/mol. The molecule has 2 rings (SSSR count). The van der Waals surface area contributed by atoms with Gasteiger partial charge >= 0.3 is 0 Å². The molecule has 1 aliphatic carbocycles. The lowest BCUT2D eigenvalue weighted by Gasteiger charge is -2.35. The second kappa shape index (κ2) is 4.67. The third-order valence-corrected chi connectivity index (χ3v) is 5.03. The number of nitrogens with two attached hydrogens (primary N) is 1. The van der Waals surface area contributed by atoms with E-state index in [2.05, 4.69) is 0 Å². The van der Waals surface area contributed by atoms with Crippen molar-refractivity contribution in [3.05, 3.63) is 29.3 Å². The van der Waals surface area contributed by atoms with E-state index in [1.54, 1.807) is 12.1 Å². The Morgan fingerprint density at radius 2 is 1.78 bits per heavy atom. The van der Waals surface area contributed by atoms with Crippen LogP contribution in [0, 0.1) is 6.92 Å². The van der Waals surface area contributed by atoms with Crippen LogP contribution in [0.4, 0.5) is 0 Å². The molecule has 0 aliphatic heterocycles. The molecule has 2 N–H and O–H groups in total. The summed E-state index contributed by atoms with van der Waals surface area (Å²) in [4.78, 5) is 0.374. The third-order valence-electron chi connectivity index (χ3n) is 3.92. The fraction of sp³-hybridized carbons (Fsp3) is 0.571. The molecule has 0 bridgehead atoms. The summed E-state index contributed by atoms with van der Waals surface area (Å²) >= 11 is 0. The SMILES string of the molecule is Cc1ccc(S(C)(=O)=O)cc1C1(N)CCCCC1. The van der Waals surface area contributed by atoms with Crippen LogP contribution < -0.4 is 5.73 Å². The van der Waals surface area contributed by atoms with E-state index in [4.69, 9.17) is 5.73 Å². The van der Waals surface area contributed by atoms with Crippen LogP contribution in [0.25, 0.3) is 0 Å². The standard InChI is InChI=1S/C14H21NO2S/c1-11-6-7-12(18(2,16)17)10-13(11)14(15)8-4-3-5-9-14/h6-7,10H,3-5,8-9,15H2,1-2H3. The van der Waals surface area contributed by atoms with E-state index in [1.165, 1.54) is 12.7 Å². The van der Waals surface area contributed by atoms with Crippen LogP contribution in [-0.4, -0.2) is 14.7 Å². The molecule has 1 aromatic carbocycles. The Labute approximate surface area is 109 Å². The Balaban J connectivity index is 2.49. The number of sulfone groups is 1. The highest BCUT2D eigenvalue weighted by Gasteiger charge is 2.31.